The number of nitrogens with one attached hydrogen (secondary N) is 1. The summed E-state index contributed by atoms with van der Waals surface area (Å²) < 4.78 is 5.56. The van der Waals surface area contributed by atoms with E-state index in [1.54, 1.807) is 13.1 Å². The molecule has 2 aliphatic rings. The van der Waals surface area contributed by atoms with Gasteiger partial charge in [0.25, 0.3) is 5.91 Å². The van der Waals surface area contributed by atoms with E-state index in [0.29, 0.717) is 35.1 Å². The first kappa shape index (κ1) is 12.5. The molecule has 2 fully saturated rings. The number of hydrogen-bond acceptors (Lipinski definition) is 5. The Balaban J connectivity index is 1.53. The molecule has 2 heterocycles. The van der Waals surface area contributed by atoms with Crippen LogP contribution in [0.1, 0.15) is 65.4 Å². The van der Waals surface area contributed by atoms with Gasteiger partial charge in [-0.1, -0.05) is 0 Å². The molecule has 2 aliphatic carbocycles. The fraction of sp³-hybridized carbons (Fsp3) is 0.467. The van der Waals surface area contributed by atoms with Crippen molar-refractivity contribution < 1.29 is 9.21 Å². The highest BCUT2D eigenvalue weighted by atomic mass is 16.4. The van der Waals surface area contributed by atoms with Crippen LogP contribution in [0.5, 0.6) is 0 Å². The molecule has 0 bridgehead atoms. The second-order valence-corrected chi connectivity index (χ2v) is 5.76. The number of hydrogen-bond donors (Lipinski definition) is 1. The van der Waals surface area contributed by atoms with Crippen molar-refractivity contribution in [3.05, 3.63) is 35.3 Å². The molecule has 1 amide bonds. The van der Waals surface area contributed by atoms with Crippen molar-refractivity contribution in [2.24, 2.45) is 0 Å². The second kappa shape index (κ2) is 4.65. The van der Waals surface area contributed by atoms with Gasteiger partial charge in [-0.15, -0.1) is 0 Å². The Morgan fingerprint density at radius 1 is 1.24 bits per heavy atom. The lowest BCUT2D eigenvalue weighted by molar-refractivity contribution is 0.102. The third-order valence-corrected chi connectivity index (χ3v) is 3.85. The van der Waals surface area contributed by atoms with Crippen LogP contribution in [0.3, 0.4) is 0 Å². The molecule has 21 heavy (non-hydrogen) atoms. The van der Waals surface area contributed by atoms with E-state index in [-0.39, 0.29) is 5.91 Å². The molecule has 4 rings (SSSR count). The van der Waals surface area contributed by atoms with Crippen LogP contribution in [0.2, 0.25) is 0 Å². The van der Waals surface area contributed by atoms with Crippen molar-refractivity contribution >= 4 is 11.9 Å². The number of nitrogens with zero attached hydrogens (tertiary/aromatic N) is 3. The van der Waals surface area contributed by atoms with Gasteiger partial charge in [0, 0.05) is 23.7 Å². The zero-order valence-corrected chi connectivity index (χ0v) is 11.8. The van der Waals surface area contributed by atoms with Gasteiger partial charge >= 0.3 is 0 Å². The summed E-state index contributed by atoms with van der Waals surface area (Å²) in [4.78, 5) is 25.1. The van der Waals surface area contributed by atoms with E-state index < -0.39 is 0 Å². The summed E-state index contributed by atoms with van der Waals surface area (Å²) >= 11 is 0. The minimum atomic E-state index is -0.309. The normalized spacial score (nSPS) is 17.8. The van der Waals surface area contributed by atoms with Crippen molar-refractivity contribution in [3.63, 3.8) is 0 Å². The van der Waals surface area contributed by atoms with Gasteiger partial charge in [0.2, 0.25) is 5.95 Å². The number of anilines is 1. The van der Waals surface area contributed by atoms with Crippen LogP contribution < -0.4 is 5.32 Å². The molecule has 0 unspecified atom stereocenters. The summed E-state index contributed by atoms with van der Waals surface area (Å²) in [5.41, 5.74) is 1.33. The van der Waals surface area contributed by atoms with E-state index in [1.807, 2.05) is 6.07 Å². The van der Waals surface area contributed by atoms with Gasteiger partial charge in [-0.25, -0.2) is 15.0 Å². The Morgan fingerprint density at radius 3 is 2.71 bits per heavy atom. The zero-order chi connectivity index (χ0) is 14.4. The lowest BCUT2D eigenvalue weighted by Crippen LogP contribution is -2.16. The van der Waals surface area contributed by atoms with Gasteiger partial charge in [0.05, 0.1) is 0 Å². The van der Waals surface area contributed by atoms with Crippen molar-refractivity contribution in [2.75, 3.05) is 5.32 Å². The van der Waals surface area contributed by atoms with E-state index in [2.05, 4.69) is 20.3 Å². The zero-order valence-electron chi connectivity index (χ0n) is 11.8. The molecule has 0 atom stereocenters. The van der Waals surface area contributed by atoms with Crippen molar-refractivity contribution in [1.82, 2.24) is 15.0 Å². The summed E-state index contributed by atoms with van der Waals surface area (Å²) in [6.07, 6.45) is 6.19. The number of amides is 1. The minimum Gasteiger partial charge on any atom is -0.445 e. The molecule has 2 aromatic heterocycles. The van der Waals surface area contributed by atoms with Crippen molar-refractivity contribution in [2.45, 2.75) is 44.4 Å². The third-order valence-electron chi connectivity index (χ3n) is 3.85. The van der Waals surface area contributed by atoms with Crippen LogP contribution in [0, 0.1) is 6.92 Å². The third kappa shape index (κ3) is 2.53. The molecule has 0 aliphatic heterocycles. The largest absolute Gasteiger partial charge is 0.445 e. The fourth-order valence-electron chi connectivity index (χ4n) is 2.33. The van der Waals surface area contributed by atoms with E-state index in [4.69, 9.17) is 4.42 Å². The number of aromatic nitrogens is 3. The standard InChI is InChI=1S/C15H16N4O2/c1-8-12(18-14(21-8)10-4-5-10)13(20)19-15-16-7-6-11(17-15)9-2-3-9/h6-7,9-10H,2-5H2,1H3,(H,16,17,19,20). The van der Waals surface area contributed by atoms with Crippen LogP contribution in [0.4, 0.5) is 5.95 Å². The number of carbonyl (C=O) groups excluding carboxylic acids is 1. The lowest BCUT2D eigenvalue weighted by atomic mass is 10.3. The Labute approximate surface area is 122 Å². The summed E-state index contributed by atoms with van der Waals surface area (Å²) in [7, 11) is 0. The van der Waals surface area contributed by atoms with E-state index >= 15 is 0 Å². The summed E-state index contributed by atoms with van der Waals surface area (Å²) in [6.45, 7) is 1.76. The molecule has 0 radical (unpaired) electrons. The van der Waals surface area contributed by atoms with E-state index in [0.717, 1.165) is 31.4 Å². The quantitative estimate of drug-likeness (QED) is 0.933. The second-order valence-electron chi connectivity index (χ2n) is 5.76. The maximum atomic E-state index is 12.3. The average Bonchev–Trinajstić information content (AvgIpc) is 3.37. The smallest absolute Gasteiger partial charge is 0.280 e. The monoisotopic (exact) mass is 284 g/mol. The maximum Gasteiger partial charge on any atom is 0.280 e. The van der Waals surface area contributed by atoms with Gasteiger partial charge in [0.1, 0.15) is 5.76 Å². The molecule has 6 heteroatoms. The Morgan fingerprint density at radius 2 is 2.00 bits per heavy atom. The van der Waals surface area contributed by atoms with Gasteiger partial charge < -0.3 is 4.42 Å². The molecular formula is C15H16N4O2. The lowest BCUT2D eigenvalue weighted by Gasteiger charge is -2.03. The predicted octanol–water partition coefficient (Wildman–Crippen LogP) is 2.78. The molecule has 2 aromatic rings. The maximum absolute atomic E-state index is 12.3. The molecular weight excluding hydrogens is 268 g/mol. The van der Waals surface area contributed by atoms with E-state index in [9.17, 15) is 4.79 Å². The van der Waals surface area contributed by atoms with Gasteiger partial charge in [-0.05, 0) is 38.7 Å². The predicted molar refractivity (Wildman–Crippen MR) is 75.2 cm³/mol. The summed E-state index contributed by atoms with van der Waals surface area (Å²) in [5.74, 6) is 2.16. The van der Waals surface area contributed by atoms with Crippen LogP contribution in [0.25, 0.3) is 0 Å². The van der Waals surface area contributed by atoms with Crippen molar-refractivity contribution in [1.29, 1.82) is 0 Å². The Hall–Kier alpha value is -2.24. The topological polar surface area (TPSA) is 80.9 Å². The number of carbonyl (C=O) groups is 1. The summed E-state index contributed by atoms with van der Waals surface area (Å²) in [5, 5.41) is 2.71. The molecule has 0 spiro atoms. The van der Waals surface area contributed by atoms with Crippen LogP contribution in [-0.2, 0) is 0 Å². The highest BCUT2D eigenvalue weighted by Crippen LogP contribution is 2.40. The van der Waals surface area contributed by atoms with E-state index in [1.165, 1.54) is 0 Å². The molecule has 6 nitrogen and oxygen atoms in total. The molecule has 2 saturated carbocycles. The average molecular weight is 284 g/mol. The first-order valence-electron chi connectivity index (χ1n) is 7.32. The van der Waals surface area contributed by atoms with Crippen LogP contribution in [-0.4, -0.2) is 20.9 Å². The van der Waals surface area contributed by atoms with Gasteiger partial charge in [-0.2, -0.15) is 0 Å². The number of rotatable bonds is 4. The fourth-order valence-corrected chi connectivity index (χ4v) is 2.33. The van der Waals surface area contributed by atoms with Crippen molar-refractivity contribution in [3.8, 4) is 0 Å². The highest BCUT2D eigenvalue weighted by molar-refractivity contribution is 6.02. The van der Waals surface area contributed by atoms with Gasteiger partial charge in [0.15, 0.2) is 11.6 Å². The van der Waals surface area contributed by atoms with Crippen LogP contribution in [0.15, 0.2) is 16.7 Å². The minimum absolute atomic E-state index is 0.309. The molecule has 1 N–H and O–H groups in total. The molecule has 0 saturated heterocycles. The highest BCUT2D eigenvalue weighted by Gasteiger charge is 2.31. The first-order valence-corrected chi connectivity index (χ1v) is 7.32. The van der Waals surface area contributed by atoms with Gasteiger partial charge in [-0.3, -0.25) is 10.1 Å². The number of oxazole rings is 1. The molecule has 108 valence electrons. The Kier molecular flexibility index (Phi) is 2.77. The first-order chi connectivity index (χ1) is 10.2. The number of aryl methyl sites for hydroxylation is 1. The Bertz CT molecular complexity index is 701. The molecule has 0 aromatic carbocycles. The summed E-state index contributed by atoms with van der Waals surface area (Å²) in [6, 6.07) is 1.90. The van der Waals surface area contributed by atoms with Crippen LogP contribution >= 0.6 is 0 Å². The SMILES string of the molecule is Cc1oc(C2CC2)nc1C(=O)Nc1nccc(C2CC2)n1.